The fourth-order valence-corrected chi connectivity index (χ4v) is 2.99. The molecule has 0 saturated carbocycles. The van der Waals surface area contributed by atoms with Gasteiger partial charge in [-0.2, -0.15) is 0 Å². The summed E-state index contributed by atoms with van der Waals surface area (Å²) in [6, 6.07) is 18.9. The van der Waals surface area contributed by atoms with Crippen LogP contribution >= 0.6 is 0 Å². The van der Waals surface area contributed by atoms with E-state index in [-0.39, 0.29) is 11.9 Å². The number of hydrogen-bond acceptors (Lipinski definition) is 4. The molecule has 2 aromatic carbocycles. The predicted molar refractivity (Wildman–Crippen MR) is 110 cm³/mol. The van der Waals surface area contributed by atoms with Crippen LogP contribution < -0.4 is 10.1 Å². The number of nitrogens with zero attached hydrogens (tertiary/aromatic N) is 2. The van der Waals surface area contributed by atoms with Crippen molar-refractivity contribution in [3.63, 3.8) is 0 Å². The molecule has 0 fully saturated rings. The van der Waals surface area contributed by atoms with E-state index in [1.54, 1.807) is 12.4 Å². The first-order valence-electron chi connectivity index (χ1n) is 9.35. The van der Waals surface area contributed by atoms with Crippen molar-refractivity contribution in [1.82, 2.24) is 15.2 Å². The zero-order chi connectivity index (χ0) is 19.8. The minimum Gasteiger partial charge on any atom is -0.489 e. The lowest BCUT2D eigenvalue weighted by Crippen LogP contribution is -2.30. The van der Waals surface area contributed by atoms with Gasteiger partial charge in [0.2, 0.25) is 0 Å². The lowest BCUT2D eigenvalue weighted by Gasteiger charge is -2.25. The van der Waals surface area contributed by atoms with Gasteiger partial charge >= 0.3 is 0 Å². The van der Waals surface area contributed by atoms with Crippen LogP contribution in [0.3, 0.4) is 0 Å². The third-order valence-corrected chi connectivity index (χ3v) is 4.62. The van der Waals surface area contributed by atoms with Crippen LogP contribution in [0, 0.1) is 5.82 Å². The largest absolute Gasteiger partial charge is 0.489 e. The highest BCUT2D eigenvalue weighted by molar-refractivity contribution is 5.28. The van der Waals surface area contributed by atoms with Crippen LogP contribution in [0.25, 0.3) is 0 Å². The maximum Gasteiger partial charge on any atom is 0.123 e. The SMILES string of the molecule is CN(C)C(CNCc1ccc(OCc2ccncc2)cc1)c1ccc(F)cc1. The molecule has 1 atom stereocenters. The molecule has 0 bridgehead atoms. The van der Waals surface area contributed by atoms with E-state index in [1.807, 2.05) is 50.5 Å². The van der Waals surface area contributed by atoms with Gasteiger partial charge in [-0.05, 0) is 67.2 Å². The molecule has 0 aliphatic carbocycles. The number of hydrogen-bond donors (Lipinski definition) is 1. The molecule has 146 valence electrons. The summed E-state index contributed by atoms with van der Waals surface area (Å²) >= 11 is 0. The standard InChI is InChI=1S/C23H26FN3O/c1-27(2)23(20-5-7-21(24)8-6-20)16-26-15-18-3-9-22(10-4-18)28-17-19-11-13-25-14-12-19/h3-14,23,26H,15-17H2,1-2H3. The molecule has 3 aromatic rings. The van der Waals surface area contributed by atoms with Crippen LogP contribution in [0.1, 0.15) is 22.7 Å². The molecule has 0 amide bonds. The summed E-state index contributed by atoms with van der Waals surface area (Å²) in [4.78, 5) is 6.14. The Hall–Kier alpha value is -2.76. The van der Waals surface area contributed by atoms with Gasteiger partial charge in [-0.1, -0.05) is 24.3 Å². The van der Waals surface area contributed by atoms with Crippen molar-refractivity contribution in [2.24, 2.45) is 0 Å². The Labute approximate surface area is 166 Å². The Bertz CT molecular complexity index is 836. The smallest absolute Gasteiger partial charge is 0.123 e. The zero-order valence-electron chi connectivity index (χ0n) is 16.3. The van der Waals surface area contributed by atoms with E-state index in [0.717, 1.165) is 30.0 Å². The summed E-state index contributed by atoms with van der Waals surface area (Å²) in [5.41, 5.74) is 3.38. The van der Waals surface area contributed by atoms with Crippen molar-refractivity contribution in [2.45, 2.75) is 19.2 Å². The van der Waals surface area contributed by atoms with E-state index in [4.69, 9.17) is 4.74 Å². The van der Waals surface area contributed by atoms with Crippen LogP contribution in [0.5, 0.6) is 5.75 Å². The minimum absolute atomic E-state index is 0.184. The highest BCUT2D eigenvalue weighted by Crippen LogP contribution is 2.18. The number of rotatable bonds is 9. The highest BCUT2D eigenvalue weighted by atomic mass is 19.1. The van der Waals surface area contributed by atoms with Gasteiger partial charge in [0.25, 0.3) is 0 Å². The zero-order valence-corrected chi connectivity index (χ0v) is 16.3. The topological polar surface area (TPSA) is 37.4 Å². The number of pyridine rings is 1. The van der Waals surface area contributed by atoms with Crippen molar-refractivity contribution < 1.29 is 9.13 Å². The van der Waals surface area contributed by atoms with Crippen molar-refractivity contribution in [3.8, 4) is 5.75 Å². The molecule has 1 N–H and O–H groups in total. The summed E-state index contributed by atoms with van der Waals surface area (Å²) in [5.74, 6) is 0.637. The van der Waals surface area contributed by atoms with Crippen LogP contribution in [0.4, 0.5) is 4.39 Å². The minimum atomic E-state index is -0.208. The second-order valence-electron chi connectivity index (χ2n) is 6.95. The van der Waals surface area contributed by atoms with Crippen molar-refractivity contribution in [1.29, 1.82) is 0 Å². The molecule has 3 rings (SSSR count). The van der Waals surface area contributed by atoms with Crippen molar-refractivity contribution >= 4 is 0 Å². The normalized spacial score (nSPS) is 12.1. The van der Waals surface area contributed by atoms with E-state index in [0.29, 0.717) is 6.61 Å². The molecule has 0 aliphatic heterocycles. The van der Waals surface area contributed by atoms with Crippen LogP contribution in [-0.4, -0.2) is 30.5 Å². The molecule has 1 aromatic heterocycles. The summed E-state index contributed by atoms with van der Waals surface area (Å²) in [6.07, 6.45) is 3.53. The number of halogens is 1. The van der Waals surface area contributed by atoms with Crippen molar-refractivity contribution in [3.05, 3.63) is 95.6 Å². The van der Waals surface area contributed by atoms with Gasteiger partial charge in [-0.15, -0.1) is 0 Å². The first-order valence-corrected chi connectivity index (χ1v) is 9.35. The van der Waals surface area contributed by atoms with Crippen LogP contribution in [0.15, 0.2) is 73.1 Å². The van der Waals surface area contributed by atoms with Gasteiger partial charge in [-0.3, -0.25) is 4.98 Å². The lowest BCUT2D eigenvalue weighted by molar-refractivity contribution is 0.288. The fraction of sp³-hybridized carbons (Fsp3) is 0.261. The van der Waals surface area contributed by atoms with Crippen molar-refractivity contribution in [2.75, 3.05) is 20.6 Å². The highest BCUT2D eigenvalue weighted by Gasteiger charge is 2.13. The molecule has 1 heterocycles. The Morgan fingerprint density at radius 3 is 2.25 bits per heavy atom. The summed E-state index contributed by atoms with van der Waals surface area (Å²) < 4.78 is 19.0. The number of likely N-dealkylation sites (N-methyl/N-ethyl adjacent to an activating group) is 1. The second kappa shape index (κ2) is 9.97. The molecule has 0 saturated heterocycles. The quantitative estimate of drug-likeness (QED) is 0.605. The Morgan fingerprint density at radius 1 is 0.929 bits per heavy atom. The number of benzene rings is 2. The number of nitrogens with one attached hydrogen (secondary N) is 1. The lowest BCUT2D eigenvalue weighted by atomic mass is 10.1. The Balaban J connectivity index is 1.49. The van der Waals surface area contributed by atoms with E-state index in [9.17, 15) is 4.39 Å². The summed E-state index contributed by atoms with van der Waals surface area (Å²) in [7, 11) is 4.06. The molecular formula is C23H26FN3O. The monoisotopic (exact) mass is 379 g/mol. The summed E-state index contributed by atoms with van der Waals surface area (Å²) in [6.45, 7) is 2.07. The Kier molecular flexibility index (Phi) is 7.12. The molecule has 0 spiro atoms. The van der Waals surface area contributed by atoms with E-state index >= 15 is 0 Å². The molecule has 0 aliphatic rings. The Morgan fingerprint density at radius 2 is 1.61 bits per heavy atom. The molecule has 5 heteroatoms. The summed E-state index contributed by atoms with van der Waals surface area (Å²) in [5, 5.41) is 3.49. The van der Waals surface area contributed by atoms with E-state index in [2.05, 4.69) is 27.3 Å². The first-order chi connectivity index (χ1) is 13.6. The second-order valence-corrected chi connectivity index (χ2v) is 6.95. The molecule has 1 unspecified atom stereocenters. The molecule has 28 heavy (non-hydrogen) atoms. The van der Waals surface area contributed by atoms with Gasteiger partial charge in [0.15, 0.2) is 0 Å². The van der Waals surface area contributed by atoms with E-state index in [1.165, 1.54) is 17.7 Å². The van der Waals surface area contributed by atoms with Crippen LogP contribution in [0.2, 0.25) is 0 Å². The maximum atomic E-state index is 13.2. The van der Waals surface area contributed by atoms with Crippen LogP contribution in [-0.2, 0) is 13.2 Å². The average Bonchev–Trinajstić information content (AvgIpc) is 2.72. The molecule has 4 nitrogen and oxygen atoms in total. The average molecular weight is 379 g/mol. The van der Waals surface area contributed by atoms with Gasteiger partial charge in [0.05, 0.1) is 0 Å². The fourth-order valence-electron chi connectivity index (χ4n) is 2.99. The maximum absolute atomic E-state index is 13.2. The first kappa shape index (κ1) is 20.0. The third kappa shape index (κ3) is 5.87. The third-order valence-electron chi connectivity index (χ3n) is 4.62. The van der Waals surface area contributed by atoms with Gasteiger partial charge in [0.1, 0.15) is 18.2 Å². The number of ether oxygens (including phenoxy) is 1. The van der Waals surface area contributed by atoms with Gasteiger partial charge < -0.3 is 15.0 Å². The molecular weight excluding hydrogens is 353 g/mol. The van der Waals surface area contributed by atoms with Gasteiger partial charge in [-0.25, -0.2) is 4.39 Å². The van der Waals surface area contributed by atoms with E-state index < -0.39 is 0 Å². The number of aromatic nitrogens is 1. The predicted octanol–water partition coefficient (Wildman–Crippen LogP) is 4.19. The van der Waals surface area contributed by atoms with Gasteiger partial charge in [0, 0.05) is 31.5 Å². The molecule has 0 radical (unpaired) electrons.